The first kappa shape index (κ1) is 19.2. The lowest BCUT2D eigenvalue weighted by Crippen LogP contribution is -2.07. The van der Waals surface area contributed by atoms with Gasteiger partial charge in [0.2, 0.25) is 0 Å². The molecule has 0 spiro atoms. The number of thioether (sulfide) groups is 1. The molecule has 0 bridgehead atoms. The van der Waals surface area contributed by atoms with E-state index in [0.717, 1.165) is 39.1 Å². The number of aryl methyl sites for hydroxylation is 2. The van der Waals surface area contributed by atoms with Gasteiger partial charge in [0.1, 0.15) is 0 Å². The standard InChI is InChI=1S/C21H24N4OS/c1-6-11-25-15(3)12-18(16(25)4)19(26)13-27-21-23-22-20(24(21)5)17-10-8-7-9-14(17)2/h6-10,12H,1,11,13H2,2-5H3. The number of rotatable bonds is 7. The number of benzene rings is 1. The summed E-state index contributed by atoms with van der Waals surface area (Å²) in [6.07, 6.45) is 1.84. The average Bonchev–Trinajstić information content (AvgIpc) is 3.15. The lowest BCUT2D eigenvalue weighted by molar-refractivity contribution is 0.102. The quantitative estimate of drug-likeness (QED) is 0.347. The summed E-state index contributed by atoms with van der Waals surface area (Å²) in [4.78, 5) is 12.7. The van der Waals surface area contributed by atoms with Crippen molar-refractivity contribution in [3.63, 3.8) is 0 Å². The Kier molecular flexibility index (Phi) is 5.65. The molecule has 2 aromatic heterocycles. The Labute approximate surface area is 164 Å². The maximum absolute atomic E-state index is 12.7. The first-order valence-electron chi connectivity index (χ1n) is 8.83. The van der Waals surface area contributed by atoms with Crippen LogP contribution < -0.4 is 0 Å². The third-order valence-electron chi connectivity index (χ3n) is 4.74. The summed E-state index contributed by atoms with van der Waals surface area (Å²) in [7, 11) is 1.94. The van der Waals surface area contributed by atoms with E-state index >= 15 is 0 Å². The molecule has 3 rings (SSSR count). The molecule has 27 heavy (non-hydrogen) atoms. The Balaban J connectivity index is 1.76. The van der Waals surface area contributed by atoms with Gasteiger partial charge >= 0.3 is 0 Å². The van der Waals surface area contributed by atoms with Crippen LogP contribution in [0.4, 0.5) is 0 Å². The summed E-state index contributed by atoms with van der Waals surface area (Å²) in [6, 6.07) is 10.0. The molecular formula is C21H24N4OS. The molecule has 0 saturated heterocycles. The largest absolute Gasteiger partial charge is 0.345 e. The van der Waals surface area contributed by atoms with Crippen molar-refractivity contribution < 1.29 is 4.79 Å². The van der Waals surface area contributed by atoms with Crippen molar-refractivity contribution in [2.45, 2.75) is 32.5 Å². The molecule has 1 aromatic carbocycles. The molecular weight excluding hydrogens is 356 g/mol. The zero-order valence-electron chi connectivity index (χ0n) is 16.2. The van der Waals surface area contributed by atoms with E-state index in [1.165, 1.54) is 11.8 Å². The molecule has 0 N–H and O–H groups in total. The summed E-state index contributed by atoms with van der Waals surface area (Å²) >= 11 is 1.42. The van der Waals surface area contributed by atoms with Crippen LogP contribution in [0.25, 0.3) is 11.4 Å². The van der Waals surface area contributed by atoms with Gasteiger partial charge in [-0.05, 0) is 32.4 Å². The first-order valence-corrected chi connectivity index (χ1v) is 9.81. The number of Topliss-reactive ketones (excluding diaryl/α,β-unsaturated/α-hetero) is 1. The summed E-state index contributed by atoms with van der Waals surface area (Å²) in [5.41, 5.74) is 5.02. The molecule has 6 heteroatoms. The monoisotopic (exact) mass is 380 g/mol. The topological polar surface area (TPSA) is 52.7 Å². The van der Waals surface area contributed by atoms with Gasteiger partial charge in [-0.3, -0.25) is 4.79 Å². The minimum absolute atomic E-state index is 0.101. The molecule has 140 valence electrons. The molecule has 0 aliphatic heterocycles. The summed E-state index contributed by atoms with van der Waals surface area (Å²) < 4.78 is 4.05. The predicted octanol–water partition coefficient (Wildman–Crippen LogP) is 4.37. The lowest BCUT2D eigenvalue weighted by atomic mass is 10.1. The highest BCUT2D eigenvalue weighted by Crippen LogP contribution is 2.26. The van der Waals surface area contributed by atoms with Gasteiger partial charge < -0.3 is 9.13 Å². The minimum Gasteiger partial charge on any atom is -0.345 e. The van der Waals surface area contributed by atoms with E-state index in [0.29, 0.717) is 12.3 Å². The molecule has 3 aromatic rings. The number of allylic oxidation sites excluding steroid dienone is 1. The van der Waals surface area contributed by atoms with E-state index in [4.69, 9.17) is 0 Å². The fraction of sp³-hybridized carbons (Fsp3) is 0.286. The molecule has 0 aliphatic rings. The van der Waals surface area contributed by atoms with Crippen LogP contribution in [-0.2, 0) is 13.6 Å². The highest BCUT2D eigenvalue weighted by Gasteiger charge is 2.18. The molecule has 0 saturated carbocycles. The Hall–Kier alpha value is -2.60. The molecule has 5 nitrogen and oxygen atoms in total. The van der Waals surface area contributed by atoms with Gasteiger partial charge in [0.25, 0.3) is 0 Å². The highest BCUT2D eigenvalue weighted by atomic mass is 32.2. The molecule has 0 atom stereocenters. The van der Waals surface area contributed by atoms with E-state index in [1.807, 2.05) is 55.8 Å². The minimum atomic E-state index is 0.101. The maximum Gasteiger partial charge on any atom is 0.191 e. The van der Waals surface area contributed by atoms with Gasteiger partial charge in [-0.25, -0.2) is 0 Å². The number of hydrogen-bond donors (Lipinski definition) is 0. The van der Waals surface area contributed by atoms with Crippen LogP contribution in [0.2, 0.25) is 0 Å². The van der Waals surface area contributed by atoms with Crippen molar-refractivity contribution in [1.29, 1.82) is 0 Å². The Bertz CT molecular complexity index is 1000. The zero-order chi connectivity index (χ0) is 19.6. The van der Waals surface area contributed by atoms with Crippen LogP contribution in [0, 0.1) is 20.8 Å². The molecule has 0 radical (unpaired) electrons. The van der Waals surface area contributed by atoms with Crippen molar-refractivity contribution in [2.24, 2.45) is 7.05 Å². The van der Waals surface area contributed by atoms with Gasteiger partial charge in [0.15, 0.2) is 16.8 Å². The van der Waals surface area contributed by atoms with Gasteiger partial charge in [0, 0.05) is 36.1 Å². The van der Waals surface area contributed by atoms with E-state index < -0.39 is 0 Å². The van der Waals surface area contributed by atoms with Crippen molar-refractivity contribution in [3.8, 4) is 11.4 Å². The lowest BCUT2D eigenvalue weighted by Gasteiger charge is -2.07. The molecule has 0 aliphatic carbocycles. The second-order valence-corrected chi connectivity index (χ2v) is 7.52. The first-order chi connectivity index (χ1) is 12.9. The van der Waals surface area contributed by atoms with Crippen molar-refractivity contribution >= 4 is 17.5 Å². The fourth-order valence-electron chi connectivity index (χ4n) is 3.20. The van der Waals surface area contributed by atoms with E-state index in [1.54, 1.807) is 0 Å². The van der Waals surface area contributed by atoms with Gasteiger partial charge in [-0.2, -0.15) is 0 Å². The number of ketones is 1. The van der Waals surface area contributed by atoms with Crippen molar-refractivity contribution in [3.05, 3.63) is 65.5 Å². The second-order valence-electron chi connectivity index (χ2n) is 6.58. The SMILES string of the molecule is C=CCn1c(C)cc(C(=O)CSc2nnc(-c3ccccc3C)n2C)c1C. The van der Waals surface area contributed by atoms with Crippen molar-refractivity contribution in [1.82, 2.24) is 19.3 Å². The van der Waals surface area contributed by atoms with E-state index in [2.05, 4.69) is 34.3 Å². The second kappa shape index (κ2) is 7.96. The molecule has 0 amide bonds. The normalized spacial score (nSPS) is 11.0. The molecule has 0 unspecified atom stereocenters. The van der Waals surface area contributed by atoms with Crippen molar-refractivity contribution in [2.75, 3.05) is 5.75 Å². The highest BCUT2D eigenvalue weighted by molar-refractivity contribution is 7.99. The zero-order valence-corrected chi connectivity index (χ0v) is 17.0. The predicted molar refractivity (Wildman–Crippen MR) is 110 cm³/mol. The Morgan fingerprint density at radius 2 is 1.96 bits per heavy atom. The van der Waals surface area contributed by atoms with Crippen LogP contribution >= 0.6 is 11.8 Å². The van der Waals surface area contributed by atoms with Crippen LogP contribution in [0.1, 0.15) is 27.3 Å². The Morgan fingerprint density at radius 3 is 2.67 bits per heavy atom. The number of carbonyl (C=O) groups is 1. The van der Waals surface area contributed by atoms with Crippen LogP contribution in [0.3, 0.4) is 0 Å². The van der Waals surface area contributed by atoms with Crippen LogP contribution in [-0.4, -0.2) is 30.9 Å². The van der Waals surface area contributed by atoms with Gasteiger partial charge in [-0.15, -0.1) is 16.8 Å². The number of hydrogen-bond acceptors (Lipinski definition) is 4. The van der Waals surface area contributed by atoms with Gasteiger partial charge in [-0.1, -0.05) is 42.1 Å². The van der Waals surface area contributed by atoms with Crippen LogP contribution in [0.15, 0.2) is 48.1 Å². The smallest absolute Gasteiger partial charge is 0.191 e. The van der Waals surface area contributed by atoms with E-state index in [-0.39, 0.29) is 5.78 Å². The Morgan fingerprint density at radius 1 is 1.22 bits per heavy atom. The maximum atomic E-state index is 12.7. The molecule has 0 fully saturated rings. The van der Waals surface area contributed by atoms with Gasteiger partial charge in [0.05, 0.1) is 5.75 Å². The fourth-order valence-corrected chi connectivity index (χ4v) is 3.99. The van der Waals surface area contributed by atoms with Crippen LogP contribution in [0.5, 0.6) is 0 Å². The number of carbonyl (C=O) groups excluding carboxylic acids is 1. The van der Waals surface area contributed by atoms with E-state index in [9.17, 15) is 4.79 Å². The average molecular weight is 381 g/mol. The third-order valence-corrected chi connectivity index (χ3v) is 5.76. The summed E-state index contributed by atoms with van der Waals surface area (Å²) in [6.45, 7) is 10.5. The summed E-state index contributed by atoms with van der Waals surface area (Å²) in [5.74, 6) is 1.24. The third kappa shape index (κ3) is 3.76. The number of nitrogens with zero attached hydrogens (tertiary/aromatic N) is 4. The number of aromatic nitrogens is 4. The molecule has 2 heterocycles. The summed E-state index contributed by atoms with van der Waals surface area (Å²) in [5, 5.41) is 9.34.